The number of aryl methyl sites for hydroxylation is 1. The van der Waals surface area contributed by atoms with Crippen molar-refractivity contribution in [1.82, 2.24) is 15.2 Å². The lowest BCUT2D eigenvalue weighted by Gasteiger charge is -2.04. The number of hydrogen-bond donors (Lipinski definition) is 2. The van der Waals surface area contributed by atoms with E-state index in [2.05, 4.69) is 42.5 Å². The van der Waals surface area contributed by atoms with E-state index < -0.39 is 0 Å². The number of thiophene rings is 1. The molecule has 20 heavy (non-hydrogen) atoms. The summed E-state index contributed by atoms with van der Waals surface area (Å²) in [5, 5.41) is 11.1. The molecule has 3 rings (SSSR count). The van der Waals surface area contributed by atoms with E-state index in [9.17, 15) is 0 Å². The van der Waals surface area contributed by atoms with E-state index >= 15 is 0 Å². The van der Waals surface area contributed by atoms with Gasteiger partial charge in [0.2, 0.25) is 5.95 Å². The molecule has 0 saturated carbocycles. The normalized spacial score (nSPS) is 10.7. The number of rotatable bonds is 4. The van der Waals surface area contributed by atoms with Crippen LogP contribution in [0.4, 0.5) is 11.6 Å². The van der Waals surface area contributed by atoms with E-state index in [0.29, 0.717) is 5.95 Å². The Hall–Kier alpha value is -1.31. The van der Waals surface area contributed by atoms with E-state index in [-0.39, 0.29) is 0 Å². The van der Waals surface area contributed by atoms with Gasteiger partial charge >= 0.3 is 0 Å². The Bertz CT molecular complexity index is 722. The summed E-state index contributed by atoms with van der Waals surface area (Å²) in [4.78, 5) is 4.43. The van der Waals surface area contributed by atoms with Gasteiger partial charge in [0.25, 0.3) is 0 Å². The molecule has 2 N–H and O–H groups in total. The average Bonchev–Trinajstić information content (AvgIpc) is 3.02. The number of halogens is 1. The molecule has 102 valence electrons. The van der Waals surface area contributed by atoms with Crippen LogP contribution in [-0.4, -0.2) is 15.2 Å². The molecule has 0 unspecified atom stereocenters. The third-order valence-electron chi connectivity index (χ3n) is 2.60. The van der Waals surface area contributed by atoms with Crippen molar-refractivity contribution in [3.8, 4) is 0 Å². The SMILES string of the molecule is Cc1ccccc1Nc1n[nH]c(Sc2ccc(Br)s2)n1. The van der Waals surface area contributed by atoms with E-state index in [4.69, 9.17) is 0 Å². The third-order valence-corrected chi connectivity index (χ3v) is 5.23. The van der Waals surface area contributed by atoms with Crippen LogP contribution in [-0.2, 0) is 0 Å². The molecule has 0 bridgehead atoms. The van der Waals surface area contributed by atoms with Crippen molar-refractivity contribution < 1.29 is 0 Å². The number of aromatic amines is 1. The summed E-state index contributed by atoms with van der Waals surface area (Å²) in [5.74, 6) is 0.581. The first-order chi connectivity index (χ1) is 9.70. The number of nitrogens with zero attached hydrogens (tertiary/aromatic N) is 2. The fourth-order valence-electron chi connectivity index (χ4n) is 1.63. The summed E-state index contributed by atoms with van der Waals surface area (Å²) in [6.45, 7) is 2.05. The van der Waals surface area contributed by atoms with E-state index in [1.165, 1.54) is 0 Å². The lowest BCUT2D eigenvalue weighted by Crippen LogP contribution is -1.94. The highest BCUT2D eigenvalue weighted by Crippen LogP contribution is 2.34. The second-order valence-corrected chi connectivity index (χ2v) is 7.82. The van der Waals surface area contributed by atoms with Crippen LogP contribution in [0.5, 0.6) is 0 Å². The fraction of sp³-hybridized carbons (Fsp3) is 0.0769. The number of benzene rings is 1. The zero-order chi connectivity index (χ0) is 13.9. The number of anilines is 2. The largest absolute Gasteiger partial charge is 0.323 e. The standard InChI is InChI=1S/C13H11BrN4S2/c1-8-4-2-3-5-9(8)15-12-16-13(18-17-12)20-11-7-6-10(14)19-11/h2-7H,1H3,(H2,15,16,17,18). The Balaban J connectivity index is 1.72. The van der Waals surface area contributed by atoms with Crippen molar-refractivity contribution >= 4 is 50.7 Å². The lowest BCUT2D eigenvalue weighted by molar-refractivity contribution is 0.975. The molecule has 0 spiro atoms. The van der Waals surface area contributed by atoms with Gasteiger partial charge in [0, 0.05) is 5.69 Å². The smallest absolute Gasteiger partial charge is 0.247 e. The van der Waals surface area contributed by atoms with Gasteiger partial charge in [-0.1, -0.05) is 18.2 Å². The first-order valence-corrected chi connectivity index (χ1v) is 8.31. The van der Waals surface area contributed by atoms with Gasteiger partial charge in [-0.25, -0.2) is 0 Å². The van der Waals surface area contributed by atoms with Gasteiger partial charge in [-0.05, 0) is 58.4 Å². The molecule has 2 aromatic heterocycles. The van der Waals surface area contributed by atoms with Gasteiger partial charge in [-0.3, -0.25) is 5.10 Å². The van der Waals surface area contributed by atoms with Crippen LogP contribution in [0.25, 0.3) is 0 Å². The quantitative estimate of drug-likeness (QED) is 0.693. The summed E-state index contributed by atoms with van der Waals surface area (Å²) in [6, 6.07) is 12.1. The lowest BCUT2D eigenvalue weighted by atomic mass is 10.2. The number of aromatic nitrogens is 3. The summed E-state index contributed by atoms with van der Waals surface area (Å²) < 4.78 is 2.27. The molecule has 2 heterocycles. The predicted molar refractivity (Wildman–Crippen MR) is 87.0 cm³/mol. The molecular formula is C13H11BrN4S2. The average molecular weight is 367 g/mol. The van der Waals surface area contributed by atoms with Crippen molar-refractivity contribution in [1.29, 1.82) is 0 Å². The molecule has 0 atom stereocenters. The molecule has 0 aliphatic heterocycles. The molecule has 1 aromatic carbocycles. The third kappa shape index (κ3) is 3.23. The molecule has 7 heteroatoms. The van der Waals surface area contributed by atoms with Crippen LogP contribution in [0, 0.1) is 6.92 Å². The molecule has 0 fully saturated rings. The Morgan fingerprint density at radius 1 is 1.25 bits per heavy atom. The van der Waals surface area contributed by atoms with Gasteiger partial charge in [-0.15, -0.1) is 16.4 Å². The van der Waals surface area contributed by atoms with Gasteiger partial charge < -0.3 is 5.32 Å². The molecule has 3 aromatic rings. The van der Waals surface area contributed by atoms with Crippen LogP contribution in [0.1, 0.15) is 5.56 Å². The highest BCUT2D eigenvalue weighted by Gasteiger charge is 2.07. The molecular weight excluding hydrogens is 356 g/mol. The van der Waals surface area contributed by atoms with Crippen molar-refractivity contribution in [2.45, 2.75) is 16.3 Å². The predicted octanol–water partition coefficient (Wildman–Crippen LogP) is 4.83. The van der Waals surface area contributed by atoms with Crippen molar-refractivity contribution in [2.75, 3.05) is 5.32 Å². The Morgan fingerprint density at radius 3 is 2.85 bits per heavy atom. The summed E-state index contributed by atoms with van der Waals surface area (Å²) in [7, 11) is 0. The maximum Gasteiger partial charge on any atom is 0.247 e. The molecule has 4 nitrogen and oxygen atoms in total. The minimum atomic E-state index is 0.581. The summed E-state index contributed by atoms with van der Waals surface area (Å²) >= 11 is 6.68. The molecule has 0 radical (unpaired) electrons. The molecule has 0 aliphatic rings. The van der Waals surface area contributed by atoms with Crippen LogP contribution < -0.4 is 5.32 Å². The minimum absolute atomic E-state index is 0.581. The minimum Gasteiger partial charge on any atom is -0.323 e. The summed E-state index contributed by atoms with van der Waals surface area (Å²) in [6.07, 6.45) is 0. The first-order valence-electron chi connectivity index (χ1n) is 5.89. The highest BCUT2D eigenvalue weighted by molar-refractivity contribution is 9.11. The van der Waals surface area contributed by atoms with E-state index in [1.54, 1.807) is 23.1 Å². The van der Waals surface area contributed by atoms with E-state index in [1.807, 2.05) is 37.3 Å². The Kier molecular flexibility index (Phi) is 4.09. The number of hydrogen-bond acceptors (Lipinski definition) is 5. The van der Waals surface area contributed by atoms with Gasteiger partial charge in [0.1, 0.15) is 0 Å². The van der Waals surface area contributed by atoms with Gasteiger partial charge in [-0.2, -0.15) is 4.98 Å². The van der Waals surface area contributed by atoms with Crippen molar-refractivity contribution in [3.05, 3.63) is 45.7 Å². The van der Waals surface area contributed by atoms with Crippen molar-refractivity contribution in [3.63, 3.8) is 0 Å². The topological polar surface area (TPSA) is 53.6 Å². The van der Waals surface area contributed by atoms with Crippen LogP contribution in [0.3, 0.4) is 0 Å². The fourth-order valence-corrected chi connectivity index (χ4v) is 4.29. The van der Waals surface area contributed by atoms with Crippen LogP contribution in [0.2, 0.25) is 0 Å². The maximum atomic E-state index is 4.43. The van der Waals surface area contributed by atoms with Crippen LogP contribution in [0.15, 0.2) is 49.6 Å². The number of H-pyrrole nitrogens is 1. The molecule has 0 aliphatic carbocycles. The van der Waals surface area contributed by atoms with Crippen molar-refractivity contribution in [2.24, 2.45) is 0 Å². The molecule has 0 saturated heterocycles. The zero-order valence-corrected chi connectivity index (χ0v) is 13.8. The second kappa shape index (κ2) is 5.99. The highest BCUT2D eigenvalue weighted by atomic mass is 79.9. The monoisotopic (exact) mass is 366 g/mol. The molecule has 0 amide bonds. The summed E-state index contributed by atoms with van der Waals surface area (Å²) in [5.41, 5.74) is 2.18. The Labute approximate surface area is 133 Å². The maximum absolute atomic E-state index is 4.43. The van der Waals surface area contributed by atoms with Crippen LogP contribution >= 0.6 is 39.0 Å². The van der Waals surface area contributed by atoms with Gasteiger partial charge in [0.15, 0.2) is 5.16 Å². The number of para-hydroxylation sites is 1. The Morgan fingerprint density at radius 2 is 2.10 bits per heavy atom. The second-order valence-electron chi connectivity index (χ2n) is 4.06. The zero-order valence-electron chi connectivity index (χ0n) is 10.6. The van der Waals surface area contributed by atoms with Gasteiger partial charge in [0.05, 0.1) is 8.00 Å². The van der Waals surface area contributed by atoms with E-state index in [0.717, 1.165) is 24.4 Å². The number of nitrogens with one attached hydrogen (secondary N) is 2. The first kappa shape index (κ1) is 13.7.